The van der Waals surface area contributed by atoms with Crippen LogP contribution in [0.15, 0.2) is 22.7 Å². The van der Waals surface area contributed by atoms with Gasteiger partial charge in [0.2, 0.25) is 0 Å². The molecule has 0 heterocycles. The van der Waals surface area contributed by atoms with Crippen molar-refractivity contribution in [3.63, 3.8) is 0 Å². The first-order valence-corrected chi connectivity index (χ1v) is 7.88. The van der Waals surface area contributed by atoms with Crippen molar-refractivity contribution in [2.45, 2.75) is 36.9 Å². The van der Waals surface area contributed by atoms with Gasteiger partial charge < -0.3 is 4.74 Å². The highest BCUT2D eigenvalue weighted by Crippen LogP contribution is 2.34. The molecule has 2 unspecified atom stereocenters. The van der Waals surface area contributed by atoms with Gasteiger partial charge in [-0.05, 0) is 58.8 Å². The molecule has 0 saturated heterocycles. The first-order chi connectivity index (χ1) is 8.20. The number of benzene rings is 1. The van der Waals surface area contributed by atoms with Gasteiger partial charge >= 0.3 is 0 Å². The van der Waals surface area contributed by atoms with Crippen molar-refractivity contribution in [1.82, 2.24) is 0 Å². The monoisotopic (exact) mass is 360 g/mol. The maximum absolute atomic E-state index is 5.25. The fourth-order valence-electron chi connectivity index (χ4n) is 2.53. The van der Waals surface area contributed by atoms with Crippen LogP contribution >= 0.6 is 31.9 Å². The van der Waals surface area contributed by atoms with E-state index in [1.807, 2.05) is 6.07 Å². The molecule has 2 atom stereocenters. The summed E-state index contributed by atoms with van der Waals surface area (Å²) in [4.78, 5) is 0.692. The fourth-order valence-corrected chi connectivity index (χ4v) is 3.90. The molecule has 0 bridgehead atoms. The lowest BCUT2D eigenvalue weighted by atomic mass is 9.85. The molecule has 0 N–H and O–H groups in total. The second kappa shape index (κ2) is 6.24. The summed E-state index contributed by atoms with van der Waals surface area (Å²) in [5.41, 5.74) is 1.40. The minimum absolute atomic E-state index is 0.692. The van der Waals surface area contributed by atoms with Gasteiger partial charge in [-0.3, -0.25) is 0 Å². The maximum Gasteiger partial charge on any atom is 0.133 e. The second-order valence-electron chi connectivity index (χ2n) is 4.73. The Morgan fingerprint density at radius 1 is 1.29 bits per heavy atom. The van der Waals surface area contributed by atoms with E-state index in [0.29, 0.717) is 4.83 Å². The summed E-state index contributed by atoms with van der Waals surface area (Å²) in [6, 6.07) is 6.41. The average molecular weight is 362 g/mol. The third kappa shape index (κ3) is 3.47. The zero-order valence-electron chi connectivity index (χ0n) is 10.1. The molecule has 1 aliphatic rings. The molecule has 1 nitrogen and oxygen atoms in total. The molecule has 1 fully saturated rings. The first kappa shape index (κ1) is 13.4. The summed E-state index contributed by atoms with van der Waals surface area (Å²) in [6.07, 6.45) is 6.59. The molecular weight excluding hydrogens is 344 g/mol. The van der Waals surface area contributed by atoms with E-state index in [-0.39, 0.29) is 0 Å². The molecule has 2 rings (SSSR count). The lowest BCUT2D eigenvalue weighted by molar-refractivity contribution is 0.373. The topological polar surface area (TPSA) is 9.23 Å². The first-order valence-electron chi connectivity index (χ1n) is 6.17. The van der Waals surface area contributed by atoms with Crippen molar-refractivity contribution in [3.05, 3.63) is 28.2 Å². The van der Waals surface area contributed by atoms with Gasteiger partial charge in [-0.25, -0.2) is 0 Å². The predicted octanol–water partition coefficient (Wildman–Crippen LogP) is 4.95. The largest absolute Gasteiger partial charge is 0.496 e. The molecule has 0 amide bonds. The molecule has 1 aromatic rings. The summed E-state index contributed by atoms with van der Waals surface area (Å²) < 4.78 is 6.31. The standard InChI is InChI=1S/C14H18Br2O/c1-17-14-7-6-10(9-13(14)16)8-11-4-2-3-5-12(11)15/h6-7,9,11-12H,2-5,8H2,1H3. The van der Waals surface area contributed by atoms with Crippen molar-refractivity contribution in [2.75, 3.05) is 7.11 Å². The van der Waals surface area contributed by atoms with Crippen molar-refractivity contribution < 1.29 is 4.74 Å². The van der Waals surface area contributed by atoms with Crippen LogP contribution in [-0.2, 0) is 6.42 Å². The van der Waals surface area contributed by atoms with E-state index in [2.05, 4.69) is 44.0 Å². The predicted molar refractivity (Wildman–Crippen MR) is 79.1 cm³/mol. The van der Waals surface area contributed by atoms with Crippen LogP contribution in [0.5, 0.6) is 5.75 Å². The van der Waals surface area contributed by atoms with E-state index >= 15 is 0 Å². The Bertz CT molecular complexity index is 378. The smallest absolute Gasteiger partial charge is 0.133 e. The summed E-state index contributed by atoms with van der Waals surface area (Å²) >= 11 is 7.37. The third-order valence-electron chi connectivity index (χ3n) is 3.53. The van der Waals surface area contributed by atoms with E-state index in [1.54, 1.807) is 7.11 Å². The Labute approximate surface area is 120 Å². The highest BCUT2D eigenvalue weighted by Gasteiger charge is 2.22. The molecule has 0 aliphatic heterocycles. The summed E-state index contributed by atoms with van der Waals surface area (Å²) in [5, 5.41) is 0. The molecule has 17 heavy (non-hydrogen) atoms. The number of ether oxygens (including phenoxy) is 1. The molecular formula is C14H18Br2O. The molecule has 1 aromatic carbocycles. The highest BCUT2D eigenvalue weighted by molar-refractivity contribution is 9.10. The van der Waals surface area contributed by atoms with Crippen LogP contribution in [-0.4, -0.2) is 11.9 Å². The van der Waals surface area contributed by atoms with Gasteiger partial charge in [-0.15, -0.1) is 0 Å². The van der Waals surface area contributed by atoms with Crippen LogP contribution in [0.3, 0.4) is 0 Å². The maximum atomic E-state index is 5.25. The Morgan fingerprint density at radius 3 is 2.71 bits per heavy atom. The molecule has 0 spiro atoms. The average Bonchev–Trinajstić information content (AvgIpc) is 2.32. The third-order valence-corrected chi connectivity index (χ3v) is 5.36. The van der Waals surface area contributed by atoms with E-state index in [9.17, 15) is 0 Å². The second-order valence-corrected chi connectivity index (χ2v) is 6.76. The Hall–Kier alpha value is -0.0200. The van der Waals surface area contributed by atoms with E-state index in [0.717, 1.165) is 16.1 Å². The molecule has 0 radical (unpaired) electrons. The number of hydrogen-bond acceptors (Lipinski definition) is 1. The summed E-state index contributed by atoms with van der Waals surface area (Å²) in [5.74, 6) is 1.69. The number of hydrogen-bond donors (Lipinski definition) is 0. The van der Waals surface area contributed by atoms with Crippen molar-refractivity contribution in [2.24, 2.45) is 5.92 Å². The van der Waals surface area contributed by atoms with Gasteiger partial charge in [-0.1, -0.05) is 34.8 Å². The molecule has 1 saturated carbocycles. The SMILES string of the molecule is COc1ccc(CC2CCCCC2Br)cc1Br. The minimum atomic E-state index is 0.692. The molecule has 3 heteroatoms. The molecule has 0 aromatic heterocycles. The van der Waals surface area contributed by atoms with Crippen LogP contribution in [0.4, 0.5) is 0 Å². The van der Waals surface area contributed by atoms with E-state index in [1.165, 1.54) is 37.7 Å². The summed E-state index contributed by atoms with van der Waals surface area (Å²) in [7, 11) is 1.70. The normalized spacial score (nSPS) is 24.6. The van der Waals surface area contributed by atoms with Crippen LogP contribution < -0.4 is 4.74 Å². The lowest BCUT2D eigenvalue weighted by Crippen LogP contribution is -2.21. The number of rotatable bonds is 3. The lowest BCUT2D eigenvalue weighted by Gasteiger charge is -2.27. The Kier molecular flexibility index (Phi) is 4.92. The summed E-state index contributed by atoms with van der Waals surface area (Å²) in [6.45, 7) is 0. The van der Waals surface area contributed by atoms with E-state index < -0.39 is 0 Å². The van der Waals surface area contributed by atoms with Crippen molar-refractivity contribution in [3.8, 4) is 5.75 Å². The van der Waals surface area contributed by atoms with Crippen LogP contribution in [0.2, 0.25) is 0 Å². The number of methoxy groups -OCH3 is 1. The fraction of sp³-hybridized carbons (Fsp3) is 0.571. The highest BCUT2D eigenvalue weighted by atomic mass is 79.9. The van der Waals surface area contributed by atoms with Crippen molar-refractivity contribution >= 4 is 31.9 Å². The Morgan fingerprint density at radius 2 is 2.06 bits per heavy atom. The zero-order valence-corrected chi connectivity index (χ0v) is 13.3. The zero-order chi connectivity index (χ0) is 12.3. The van der Waals surface area contributed by atoms with Crippen LogP contribution in [0, 0.1) is 5.92 Å². The van der Waals surface area contributed by atoms with Gasteiger partial charge in [0.1, 0.15) is 5.75 Å². The molecule has 94 valence electrons. The van der Waals surface area contributed by atoms with Gasteiger partial charge in [0.25, 0.3) is 0 Å². The quantitative estimate of drug-likeness (QED) is 0.692. The minimum Gasteiger partial charge on any atom is -0.496 e. The van der Waals surface area contributed by atoms with Gasteiger partial charge in [0, 0.05) is 4.83 Å². The van der Waals surface area contributed by atoms with Gasteiger partial charge in [0.05, 0.1) is 11.6 Å². The van der Waals surface area contributed by atoms with Gasteiger partial charge in [0.15, 0.2) is 0 Å². The number of alkyl halides is 1. The van der Waals surface area contributed by atoms with Gasteiger partial charge in [-0.2, -0.15) is 0 Å². The van der Waals surface area contributed by atoms with Crippen molar-refractivity contribution in [1.29, 1.82) is 0 Å². The van der Waals surface area contributed by atoms with Crippen LogP contribution in [0.1, 0.15) is 31.2 Å². The molecule has 1 aliphatic carbocycles. The van der Waals surface area contributed by atoms with E-state index in [4.69, 9.17) is 4.74 Å². The van der Waals surface area contributed by atoms with Crippen LogP contribution in [0.25, 0.3) is 0 Å². The number of halogens is 2. The Balaban J connectivity index is 2.05.